The molecule has 2 fully saturated rings. The molecule has 1 aliphatic heterocycles. The lowest BCUT2D eigenvalue weighted by atomic mass is 10.2. The van der Waals surface area contributed by atoms with E-state index in [1.165, 1.54) is 17.8 Å². The molecule has 2 aromatic rings. The van der Waals surface area contributed by atoms with E-state index >= 15 is 0 Å². The van der Waals surface area contributed by atoms with Crippen molar-refractivity contribution in [2.75, 3.05) is 18.0 Å². The second-order valence-electron chi connectivity index (χ2n) is 5.47. The predicted octanol–water partition coefficient (Wildman–Crippen LogP) is 2.39. The Morgan fingerprint density at radius 3 is 2.90 bits per heavy atom. The van der Waals surface area contributed by atoms with E-state index in [4.69, 9.17) is 4.74 Å². The van der Waals surface area contributed by atoms with Gasteiger partial charge in [0.2, 0.25) is 5.13 Å². The van der Waals surface area contributed by atoms with E-state index in [1.807, 2.05) is 19.1 Å². The smallest absolute Gasteiger partial charge is 0.208 e. The van der Waals surface area contributed by atoms with Crippen LogP contribution in [-0.2, 0) is 0 Å². The van der Waals surface area contributed by atoms with Gasteiger partial charge in [0.05, 0.1) is 13.1 Å². The van der Waals surface area contributed by atoms with Crippen molar-refractivity contribution in [3.05, 3.63) is 29.0 Å². The molecule has 0 unspecified atom stereocenters. The van der Waals surface area contributed by atoms with E-state index in [0.717, 1.165) is 29.7 Å². The Balaban J connectivity index is 1.34. The zero-order valence-corrected chi connectivity index (χ0v) is 12.1. The molecule has 2 aromatic heterocycles. The molecular weight excluding hydrogens is 272 g/mol. The summed E-state index contributed by atoms with van der Waals surface area (Å²) in [5.74, 6) is 1.59. The van der Waals surface area contributed by atoms with Gasteiger partial charge in [-0.2, -0.15) is 0 Å². The van der Waals surface area contributed by atoms with Crippen molar-refractivity contribution in [2.24, 2.45) is 0 Å². The van der Waals surface area contributed by atoms with E-state index in [0.29, 0.717) is 5.92 Å². The summed E-state index contributed by atoms with van der Waals surface area (Å²) in [6.07, 6.45) is 4.59. The number of hydrogen-bond acceptors (Lipinski definition) is 6. The minimum absolute atomic E-state index is 0.241. The lowest BCUT2D eigenvalue weighted by Gasteiger charge is -2.38. The number of aryl methyl sites for hydroxylation is 1. The average Bonchev–Trinajstić information content (AvgIpc) is 3.13. The molecule has 0 amide bonds. The summed E-state index contributed by atoms with van der Waals surface area (Å²) >= 11 is 1.74. The molecule has 1 aliphatic carbocycles. The molecule has 0 spiro atoms. The topological polar surface area (TPSA) is 51.1 Å². The standard InChI is InChI=1S/C14H16N4OS/c1-9-6-11(4-5-15-9)19-12-7-18(8-12)14-17-16-13(20-14)10-2-3-10/h4-6,10,12H,2-3,7-8H2,1H3. The molecule has 1 saturated carbocycles. The first-order valence-electron chi connectivity index (χ1n) is 6.95. The van der Waals surface area contributed by atoms with Crippen LogP contribution in [0, 0.1) is 6.92 Å². The lowest BCUT2D eigenvalue weighted by molar-refractivity contribution is 0.167. The van der Waals surface area contributed by atoms with E-state index in [2.05, 4.69) is 20.1 Å². The normalized spacial score (nSPS) is 18.9. The molecule has 2 aliphatic rings. The van der Waals surface area contributed by atoms with Gasteiger partial charge in [0.15, 0.2) is 0 Å². The Labute approximate surface area is 121 Å². The van der Waals surface area contributed by atoms with Crippen LogP contribution in [0.4, 0.5) is 5.13 Å². The van der Waals surface area contributed by atoms with Gasteiger partial charge in [0.1, 0.15) is 16.9 Å². The van der Waals surface area contributed by atoms with Gasteiger partial charge in [-0.15, -0.1) is 10.2 Å². The Morgan fingerprint density at radius 2 is 2.15 bits per heavy atom. The van der Waals surface area contributed by atoms with Gasteiger partial charge in [0, 0.05) is 23.9 Å². The van der Waals surface area contributed by atoms with Crippen molar-refractivity contribution in [1.29, 1.82) is 0 Å². The molecule has 6 heteroatoms. The second-order valence-corrected chi connectivity index (χ2v) is 6.46. The van der Waals surface area contributed by atoms with Crippen LogP contribution in [0.5, 0.6) is 5.75 Å². The van der Waals surface area contributed by atoms with Crippen LogP contribution in [0.25, 0.3) is 0 Å². The van der Waals surface area contributed by atoms with Gasteiger partial charge in [-0.3, -0.25) is 4.98 Å². The maximum atomic E-state index is 5.92. The second kappa shape index (κ2) is 4.70. The zero-order valence-electron chi connectivity index (χ0n) is 11.3. The molecule has 4 rings (SSSR count). The number of anilines is 1. The molecule has 5 nitrogen and oxygen atoms in total. The highest BCUT2D eigenvalue weighted by atomic mass is 32.1. The van der Waals surface area contributed by atoms with Gasteiger partial charge < -0.3 is 9.64 Å². The zero-order chi connectivity index (χ0) is 13.5. The fourth-order valence-electron chi connectivity index (χ4n) is 2.30. The van der Waals surface area contributed by atoms with Crippen molar-refractivity contribution < 1.29 is 4.74 Å². The summed E-state index contributed by atoms with van der Waals surface area (Å²) in [4.78, 5) is 6.41. The third-order valence-corrected chi connectivity index (χ3v) is 4.79. The third kappa shape index (κ3) is 2.35. The van der Waals surface area contributed by atoms with E-state index in [-0.39, 0.29) is 6.10 Å². The molecule has 0 aromatic carbocycles. The number of aromatic nitrogens is 3. The number of nitrogens with zero attached hydrogens (tertiary/aromatic N) is 4. The first-order valence-corrected chi connectivity index (χ1v) is 7.77. The molecule has 0 N–H and O–H groups in total. The van der Waals surface area contributed by atoms with Gasteiger partial charge in [-0.05, 0) is 25.8 Å². The van der Waals surface area contributed by atoms with Gasteiger partial charge >= 0.3 is 0 Å². The van der Waals surface area contributed by atoms with E-state index < -0.39 is 0 Å². The lowest BCUT2D eigenvalue weighted by Crippen LogP contribution is -2.54. The summed E-state index contributed by atoms with van der Waals surface area (Å²) in [7, 11) is 0. The predicted molar refractivity (Wildman–Crippen MR) is 77.5 cm³/mol. The summed E-state index contributed by atoms with van der Waals surface area (Å²) in [5.41, 5.74) is 0.983. The molecule has 20 heavy (non-hydrogen) atoms. The number of pyridine rings is 1. The molecular formula is C14H16N4OS. The first-order chi connectivity index (χ1) is 9.78. The molecule has 0 bridgehead atoms. The van der Waals surface area contributed by atoms with Crippen LogP contribution in [0.1, 0.15) is 29.5 Å². The van der Waals surface area contributed by atoms with Crippen LogP contribution in [0.2, 0.25) is 0 Å². The summed E-state index contributed by atoms with van der Waals surface area (Å²) in [6, 6.07) is 3.88. The van der Waals surface area contributed by atoms with Crippen molar-refractivity contribution in [3.63, 3.8) is 0 Å². The minimum atomic E-state index is 0.241. The monoisotopic (exact) mass is 288 g/mol. The Bertz CT molecular complexity index is 619. The number of ether oxygens (including phenoxy) is 1. The first kappa shape index (κ1) is 12.1. The highest BCUT2D eigenvalue weighted by Gasteiger charge is 2.33. The average molecular weight is 288 g/mol. The molecule has 0 atom stereocenters. The van der Waals surface area contributed by atoms with Crippen LogP contribution >= 0.6 is 11.3 Å². The van der Waals surface area contributed by atoms with Gasteiger partial charge in [0.25, 0.3) is 0 Å². The van der Waals surface area contributed by atoms with E-state index in [9.17, 15) is 0 Å². The third-order valence-electron chi connectivity index (χ3n) is 3.65. The van der Waals surface area contributed by atoms with Gasteiger partial charge in [-0.25, -0.2) is 0 Å². The van der Waals surface area contributed by atoms with Crippen molar-refractivity contribution in [3.8, 4) is 5.75 Å². The Hall–Kier alpha value is -1.69. The highest BCUT2D eigenvalue weighted by Crippen LogP contribution is 2.43. The summed E-state index contributed by atoms with van der Waals surface area (Å²) in [5, 5.41) is 10.8. The molecule has 3 heterocycles. The molecule has 104 valence electrons. The fourth-order valence-corrected chi connectivity index (χ4v) is 3.33. The maximum Gasteiger partial charge on any atom is 0.208 e. The summed E-state index contributed by atoms with van der Waals surface area (Å²) < 4.78 is 5.92. The van der Waals surface area contributed by atoms with Crippen molar-refractivity contribution >= 4 is 16.5 Å². The van der Waals surface area contributed by atoms with Crippen LogP contribution < -0.4 is 9.64 Å². The highest BCUT2D eigenvalue weighted by molar-refractivity contribution is 7.15. The van der Waals surface area contributed by atoms with E-state index in [1.54, 1.807) is 17.5 Å². The quantitative estimate of drug-likeness (QED) is 0.864. The molecule has 0 radical (unpaired) electrons. The number of rotatable bonds is 4. The minimum Gasteiger partial charge on any atom is -0.487 e. The summed E-state index contributed by atoms with van der Waals surface area (Å²) in [6.45, 7) is 3.75. The maximum absolute atomic E-state index is 5.92. The fraction of sp³-hybridized carbons (Fsp3) is 0.500. The Morgan fingerprint density at radius 1 is 1.30 bits per heavy atom. The molecule has 1 saturated heterocycles. The van der Waals surface area contributed by atoms with Crippen molar-refractivity contribution in [1.82, 2.24) is 15.2 Å². The van der Waals surface area contributed by atoms with Crippen LogP contribution in [0.15, 0.2) is 18.3 Å². The van der Waals surface area contributed by atoms with Gasteiger partial charge in [-0.1, -0.05) is 11.3 Å². The van der Waals surface area contributed by atoms with Crippen molar-refractivity contribution in [2.45, 2.75) is 31.8 Å². The largest absolute Gasteiger partial charge is 0.487 e. The number of hydrogen-bond donors (Lipinski definition) is 0. The SMILES string of the molecule is Cc1cc(OC2CN(c3nnc(C4CC4)s3)C2)ccn1. The van der Waals surface area contributed by atoms with Crippen LogP contribution in [0.3, 0.4) is 0 Å². The Kier molecular flexibility index (Phi) is 2.84. The van der Waals surface area contributed by atoms with Crippen LogP contribution in [-0.4, -0.2) is 34.4 Å².